The van der Waals surface area contributed by atoms with E-state index in [1.807, 2.05) is 49.4 Å². The van der Waals surface area contributed by atoms with Crippen molar-refractivity contribution in [3.05, 3.63) is 59.1 Å². The number of nitrogens with two attached hydrogens (primary N) is 1. The maximum atomic E-state index is 6.03. The molecule has 0 aliphatic heterocycles. The molecule has 17 heavy (non-hydrogen) atoms. The summed E-state index contributed by atoms with van der Waals surface area (Å²) in [5, 5.41) is 0.596. The number of hydrogen-bond acceptors (Lipinski definition) is 2. The average Bonchev–Trinajstić information content (AvgIpc) is 2.32. The van der Waals surface area contributed by atoms with Gasteiger partial charge in [0.2, 0.25) is 0 Å². The summed E-state index contributed by atoms with van der Waals surface area (Å²) in [5.41, 5.74) is 6.86. The van der Waals surface area contributed by atoms with E-state index in [0.717, 1.165) is 11.3 Å². The zero-order valence-electron chi connectivity index (χ0n) is 9.56. The zero-order valence-corrected chi connectivity index (χ0v) is 10.3. The van der Waals surface area contributed by atoms with E-state index in [9.17, 15) is 0 Å². The zero-order chi connectivity index (χ0) is 12.3. The Hall–Kier alpha value is -1.51. The smallest absolute Gasteiger partial charge is 0.146 e. The van der Waals surface area contributed by atoms with Crippen molar-refractivity contribution < 1.29 is 4.74 Å². The second-order valence-corrected chi connectivity index (χ2v) is 4.30. The predicted octanol–water partition coefficient (Wildman–Crippen LogP) is 4.15. The molecule has 1 atom stereocenters. The second kappa shape index (κ2) is 5.21. The molecule has 0 saturated carbocycles. The summed E-state index contributed by atoms with van der Waals surface area (Å²) >= 11 is 6.03. The minimum atomic E-state index is -0.00945. The highest BCUT2D eigenvalue weighted by molar-refractivity contribution is 6.32. The largest absolute Gasteiger partial charge is 0.456 e. The first-order chi connectivity index (χ1) is 8.16. The van der Waals surface area contributed by atoms with Crippen molar-refractivity contribution in [2.24, 2.45) is 5.73 Å². The molecule has 1 unspecified atom stereocenters. The van der Waals surface area contributed by atoms with Gasteiger partial charge in [0.25, 0.3) is 0 Å². The van der Waals surface area contributed by atoms with Gasteiger partial charge in [-0.15, -0.1) is 0 Å². The summed E-state index contributed by atoms with van der Waals surface area (Å²) in [6.45, 7) is 1.94. The van der Waals surface area contributed by atoms with Crippen LogP contribution in [-0.2, 0) is 0 Å². The highest BCUT2D eigenvalue weighted by Crippen LogP contribution is 2.29. The average molecular weight is 248 g/mol. The first kappa shape index (κ1) is 12.0. The van der Waals surface area contributed by atoms with Crippen molar-refractivity contribution in [1.29, 1.82) is 0 Å². The summed E-state index contributed by atoms with van der Waals surface area (Å²) in [7, 11) is 0. The maximum Gasteiger partial charge on any atom is 0.146 e. The molecule has 2 aromatic rings. The fourth-order valence-electron chi connectivity index (χ4n) is 1.52. The van der Waals surface area contributed by atoms with Gasteiger partial charge in [-0.1, -0.05) is 35.9 Å². The molecule has 0 bridgehead atoms. The van der Waals surface area contributed by atoms with Crippen LogP contribution in [0, 0.1) is 0 Å². The monoisotopic (exact) mass is 247 g/mol. The van der Waals surface area contributed by atoms with Gasteiger partial charge in [0.05, 0.1) is 5.02 Å². The van der Waals surface area contributed by atoms with Crippen LogP contribution in [0.3, 0.4) is 0 Å². The highest BCUT2D eigenvalue weighted by atomic mass is 35.5. The van der Waals surface area contributed by atoms with Crippen LogP contribution in [-0.4, -0.2) is 0 Å². The van der Waals surface area contributed by atoms with Gasteiger partial charge in [0.1, 0.15) is 11.5 Å². The number of halogens is 1. The van der Waals surface area contributed by atoms with E-state index < -0.39 is 0 Å². The van der Waals surface area contributed by atoms with Crippen molar-refractivity contribution in [3.8, 4) is 11.5 Å². The van der Waals surface area contributed by atoms with Crippen LogP contribution in [0.1, 0.15) is 18.5 Å². The van der Waals surface area contributed by atoms with Crippen molar-refractivity contribution in [2.75, 3.05) is 0 Å². The number of ether oxygens (including phenoxy) is 1. The van der Waals surface area contributed by atoms with E-state index in [-0.39, 0.29) is 6.04 Å². The third kappa shape index (κ3) is 2.99. The predicted molar refractivity (Wildman–Crippen MR) is 70.6 cm³/mol. The molecule has 2 N–H and O–H groups in total. The van der Waals surface area contributed by atoms with E-state index >= 15 is 0 Å². The van der Waals surface area contributed by atoms with Crippen molar-refractivity contribution in [2.45, 2.75) is 13.0 Å². The number of hydrogen-bond donors (Lipinski definition) is 1. The quantitative estimate of drug-likeness (QED) is 0.884. The molecule has 88 valence electrons. The van der Waals surface area contributed by atoms with Gasteiger partial charge in [-0.3, -0.25) is 0 Å². The minimum absolute atomic E-state index is 0.00945. The van der Waals surface area contributed by atoms with Gasteiger partial charge in [-0.2, -0.15) is 0 Å². The lowest BCUT2D eigenvalue weighted by molar-refractivity contribution is 0.481. The van der Waals surface area contributed by atoms with Crippen LogP contribution in [0.15, 0.2) is 48.5 Å². The van der Waals surface area contributed by atoms with Crippen LogP contribution in [0.5, 0.6) is 11.5 Å². The first-order valence-corrected chi connectivity index (χ1v) is 5.82. The third-order valence-corrected chi connectivity index (χ3v) is 2.76. The summed E-state index contributed by atoms with van der Waals surface area (Å²) in [5.74, 6) is 1.39. The molecule has 0 radical (unpaired) electrons. The van der Waals surface area contributed by atoms with Crippen molar-refractivity contribution in [1.82, 2.24) is 0 Å². The molecule has 2 aromatic carbocycles. The molecule has 0 fully saturated rings. The van der Waals surface area contributed by atoms with E-state index in [0.29, 0.717) is 10.8 Å². The number of para-hydroxylation sites is 1. The van der Waals surface area contributed by atoms with Crippen LogP contribution in [0.2, 0.25) is 5.02 Å². The Kier molecular flexibility index (Phi) is 3.67. The molecule has 3 heteroatoms. The molecule has 0 aliphatic rings. The highest BCUT2D eigenvalue weighted by Gasteiger charge is 2.04. The van der Waals surface area contributed by atoms with Crippen molar-refractivity contribution in [3.63, 3.8) is 0 Å². The molecule has 0 aliphatic carbocycles. The topological polar surface area (TPSA) is 35.2 Å². The van der Waals surface area contributed by atoms with Gasteiger partial charge in [0.15, 0.2) is 0 Å². The van der Waals surface area contributed by atoms with Gasteiger partial charge in [-0.05, 0) is 36.8 Å². The Labute approximate surface area is 106 Å². The fraction of sp³-hybridized carbons (Fsp3) is 0.143. The van der Waals surface area contributed by atoms with Gasteiger partial charge < -0.3 is 10.5 Å². The summed E-state index contributed by atoms with van der Waals surface area (Å²) in [4.78, 5) is 0. The van der Waals surface area contributed by atoms with E-state index in [4.69, 9.17) is 22.1 Å². The van der Waals surface area contributed by atoms with E-state index in [1.165, 1.54) is 0 Å². The lowest BCUT2D eigenvalue weighted by Gasteiger charge is -2.10. The molecule has 2 nitrogen and oxygen atoms in total. The Morgan fingerprint density at radius 2 is 1.88 bits per heavy atom. The molecule has 0 heterocycles. The van der Waals surface area contributed by atoms with Crippen molar-refractivity contribution >= 4 is 11.6 Å². The number of benzene rings is 2. The van der Waals surface area contributed by atoms with Gasteiger partial charge in [0, 0.05) is 6.04 Å². The number of rotatable bonds is 3. The Balaban J connectivity index is 2.25. The third-order valence-electron chi connectivity index (χ3n) is 2.45. The molecular weight excluding hydrogens is 234 g/mol. The van der Waals surface area contributed by atoms with E-state index in [1.54, 1.807) is 6.07 Å². The normalized spacial score (nSPS) is 12.2. The molecular formula is C14H14ClNO. The summed E-state index contributed by atoms with van der Waals surface area (Å²) in [6.07, 6.45) is 0. The molecule has 2 rings (SSSR count). The lowest BCUT2D eigenvalue weighted by Crippen LogP contribution is -2.04. The van der Waals surface area contributed by atoms with Crippen LogP contribution < -0.4 is 10.5 Å². The Morgan fingerprint density at radius 1 is 1.12 bits per heavy atom. The molecule has 0 spiro atoms. The van der Waals surface area contributed by atoms with Gasteiger partial charge in [-0.25, -0.2) is 0 Å². The molecule has 0 amide bonds. The standard InChI is InChI=1S/C14H14ClNO/c1-10(16)11-5-4-6-12(9-11)17-14-8-3-2-7-13(14)15/h2-10H,16H2,1H3. The second-order valence-electron chi connectivity index (χ2n) is 3.89. The lowest BCUT2D eigenvalue weighted by atomic mass is 10.1. The SMILES string of the molecule is CC(N)c1cccc(Oc2ccccc2Cl)c1. The minimum Gasteiger partial charge on any atom is -0.456 e. The first-order valence-electron chi connectivity index (χ1n) is 5.45. The van der Waals surface area contributed by atoms with Crippen LogP contribution in [0.25, 0.3) is 0 Å². The van der Waals surface area contributed by atoms with Crippen LogP contribution in [0.4, 0.5) is 0 Å². The Morgan fingerprint density at radius 3 is 2.59 bits per heavy atom. The maximum absolute atomic E-state index is 6.03. The fourth-order valence-corrected chi connectivity index (χ4v) is 1.69. The Bertz CT molecular complexity index is 511. The molecule has 0 saturated heterocycles. The summed E-state index contributed by atoms with van der Waals surface area (Å²) in [6, 6.07) is 15.1. The summed E-state index contributed by atoms with van der Waals surface area (Å²) < 4.78 is 5.71. The molecule has 0 aromatic heterocycles. The van der Waals surface area contributed by atoms with Gasteiger partial charge >= 0.3 is 0 Å². The van der Waals surface area contributed by atoms with E-state index in [2.05, 4.69) is 0 Å². The van der Waals surface area contributed by atoms with Crippen LogP contribution >= 0.6 is 11.6 Å².